The van der Waals surface area contributed by atoms with Crippen molar-refractivity contribution in [3.8, 4) is 0 Å². The summed E-state index contributed by atoms with van der Waals surface area (Å²) in [5.41, 5.74) is 4.29. The summed E-state index contributed by atoms with van der Waals surface area (Å²) in [6, 6.07) is 19.0. The van der Waals surface area contributed by atoms with Gasteiger partial charge in [-0.15, -0.1) is 0 Å². The maximum atomic E-state index is 13.3. The average Bonchev–Trinajstić information content (AvgIpc) is 3.23. The number of nitrogens with zero attached hydrogens (tertiary/aromatic N) is 3. The monoisotopic (exact) mass is 555 g/mol. The Labute approximate surface area is 236 Å². The van der Waals surface area contributed by atoms with Gasteiger partial charge in [0, 0.05) is 57.1 Å². The fourth-order valence-electron chi connectivity index (χ4n) is 5.70. The predicted octanol–water partition coefficient (Wildman–Crippen LogP) is 3.16. The number of benzene rings is 3. The van der Waals surface area contributed by atoms with Crippen molar-refractivity contribution in [3.05, 3.63) is 94.8 Å². The van der Waals surface area contributed by atoms with Gasteiger partial charge in [-0.25, -0.2) is 4.39 Å². The van der Waals surface area contributed by atoms with Crippen LogP contribution < -0.4 is 15.5 Å². The Morgan fingerprint density at radius 1 is 0.829 bits per heavy atom. The lowest BCUT2D eigenvalue weighted by molar-refractivity contribution is -0.136. The van der Waals surface area contributed by atoms with Crippen LogP contribution in [-0.2, 0) is 22.7 Å². The number of piperidine rings is 1. The van der Waals surface area contributed by atoms with Crippen LogP contribution >= 0.6 is 0 Å². The van der Waals surface area contributed by atoms with Crippen molar-refractivity contribution in [1.82, 2.24) is 15.1 Å². The van der Waals surface area contributed by atoms with Gasteiger partial charge < -0.3 is 10.2 Å². The molecule has 9 nitrogen and oxygen atoms in total. The smallest absolute Gasteiger partial charge is 0.264 e. The molecule has 2 fully saturated rings. The zero-order valence-corrected chi connectivity index (χ0v) is 22.4. The van der Waals surface area contributed by atoms with Gasteiger partial charge in [0.2, 0.25) is 11.8 Å². The van der Waals surface area contributed by atoms with E-state index in [0.717, 1.165) is 48.9 Å². The molecule has 3 aliphatic rings. The van der Waals surface area contributed by atoms with Crippen molar-refractivity contribution in [2.75, 3.05) is 36.4 Å². The first-order valence-electron chi connectivity index (χ1n) is 13.8. The molecule has 0 aromatic heterocycles. The number of amides is 4. The number of hydrogen-bond donors (Lipinski definition) is 2. The Balaban J connectivity index is 1.05. The molecule has 3 aromatic rings. The first kappa shape index (κ1) is 26.6. The lowest BCUT2D eigenvalue weighted by Crippen LogP contribution is -2.54. The van der Waals surface area contributed by atoms with Gasteiger partial charge in [-0.3, -0.25) is 34.3 Å². The van der Waals surface area contributed by atoms with Crippen LogP contribution in [0.1, 0.15) is 44.7 Å². The lowest BCUT2D eigenvalue weighted by Gasteiger charge is -2.36. The second-order valence-corrected chi connectivity index (χ2v) is 10.6. The number of nitrogens with one attached hydrogen (secondary N) is 2. The van der Waals surface area contributed by atoms with E-state index < -0.39 is 29.7 Å². The van der Waals surface area contributed by atoms with Crippen LogP contribution in [0.15, 0.2) is 66.7 Å². The van der Waals surface area contributed by atoms with Crippen LogP contribution in [0.25, 0.3) is 0 Å². The molecule has 2 N–H and O–H groups in total. The fraction of sp³-hybridized carbons (Fsp3) is 0.290. The van der Waals surface area contributed by atoms with Crippen LogP contribution in [0.4, 0.5) is 15.8 Å². The Bertz CT molecular complexity index is 1500. The van der Waals surface area contributed by atoms with E-state index in [9.17, 15) is 23.6 Å². The molecule has 0 spiro atoms. The molecular formula is C31H30FN5O4. The van der Waals surface area contributed by atoms with Crippen molar-refractivity contribution >= 4 is 35.0 Å². The summed E-state index contributed by atoms with van der Waals surface area (Å²) in [4.78, 5) is 55.9. The molecule has 1 atom stereocenters. The van der Waals surface area contributed by atoms with E-state index in [1.165, 1.54) is 17.7 Å². The Morgan fingerprint density at radius 2 is 1.54 bits per heavy atom. The molecule has 3 aromatic carbocycles. The van der Waals surface area contributed by atoms with E-state index in [1.807, 2.05) is 24.3 Å². The lowest BCUT2D eigenvalue weighted by atomic mass is 10.0. The first-order chi connectivity index (χ1) is 19.9. The number of halogens is 1. The summed E-state index contributed by atoms with van der Waals surface area (Å²) in [5.74, 6) is -2.30. The average molecular weight is 556 g/mol. The molecule has 3 aliphatic heterocycles. The molecule has 41 heavy (non-hydrogen) atoms. The molecule has 3 heterocycles. The van der Waals surface area contributed by atoms with Gasteiger partial charge in [0.05, 0.1) is 11.1 Å². The van der Waals surface area contributed by atoms with E-state index in [0.29, 0.717) is 12.2 Å². The van der Waals surface area contributed by atoms with Gasteiger partial charge in [0.25, 0.3) is 11.8 Å². The molecule has 10 heteroatoms. The van der Waals surface area contributed by atoms with Crippen LogP contribution in [0.2, 0.25) is 0 Å². The molecule has 6 rings (SSSR count). The topological polar surface area (TPSA) is 102 Å². The summed E-state index contributed by atoms with van der Waals surface area (Å²) in [5, 5.41) is 5.50. The summed E-state index contributed by atoms with van der Waals surface area (Å²) < 4.78 is 13.2. The number of hydrogen-bond acceptors (Lipinski definition) is 7. The highest BCUT2D eigenvalue weighted by Gasteiger charge is 2.45. The van der Waals surface area contributed by atoms with Crippen molar-refractivity contribution in [3.63, 3.8) is 0 Å². The molecular weight excluding hydrogens is 525 g/mol. The van der Waals surface area contributed by atoms with Crippen LogP contribution in [0.3, 0.4) is 0 Å². The predicted molar refractivity (Wildman–Crippen MR) is 151 cm³/mol. The highest BCUT2D eigenvalue weighted by Crippen LogP contribution is 2.32. The Kier molecular flexibility index (Phi) is 7.23. The van der Waals surface area contributed by atoms with Crippen LogP contribution in [0.5, 0.6) is 0 Å². The van der Waals surface area contributed by atoms with Crippen molar-refractivity contribution in [2.45, 2.75) is 32.0 Å². The third-order valence-corrected chi connectivity index (χ3v) is 7.94. The minimum absolute atomic E-state index is 0.0805. The normalized spacial score (nSPS) is 19.4. The minimum Gasteiger partial charge on any atom is -0.380 e. The largest absolute Gasteiger partial charge is 0.380 e. The summed E-state index contributed by atoms with van der Waals surface area (Å²) in [6.45, 7) is 4.90. The van der Waals surface area contributed by atoms with E-state index >= 15 is 0 Å². The van der Waals surface area contributed by atoms with Crippen molar-refractivity contribution in [2.24, 2.45) is 0 Å². The van der Waals surface area contributed by atoms with E-state index in [-0.39, 0.29) is 29.8 Å². The van der Waals surface area contributed by atoms with Crippen LogP contribution in [0, 0.1) is 5.82 Å². The van der Waals surface area contributed by atoms with E-state index in [4.69, 9.17) is 0 Å². The number of imide groups is 2. The quantitative estimate of drug-likeness (QED) is 0.432. The van der Waals surface area contributed by atoms with Gasteiger partial charge >= 0.3 is 0 Å². The van der Waals surface area contributed by atoms with Gasteiger partial charge in [-0.05, 0) is 53.9 Å². The molecule has 0 bridgehead atoms. The van der Waals surface area contributed by atoms with E-state index in [2.05, 4.69) is 32.6 Å². The van der Waals surface area contributed by atoms with Crippen molar-refractivity contribution < 1.29 is 23.6 Å². The second kappa shape index (κ2) is 11.1. The number of carbonyl (C=O) groups excluding carboxylic acids is 4. The summed E-state index contributed by atoms with van der Waals surface area (Å²) in [7, 11) is 0. The van der Waals surface area contributed by atoms with Gasteiger partial charge in [-0.1, -0.05) is 30.3 Å². The Morgan fingerprint density at radius 3 is 2.24 bits per heavy atom. The highest BCUT2D eigenvalue weighted by molar-refractivity contribution is 6.25. The minimum atomic E-state index is -0.994. The molecule has 0 aliphatic carbocycles. The zero-order chi connectivity index (χ0) is 28.5. The molecule has 0 radical (unpaired) electrons. The van der Waals surface area contributed by atoms with Crippen LogP contribution in [-0.4, -0.2) is 65.6 Å². The molecule has 4 amide bonds. The third-order valence-electron chi connectivity index (χ3n) is 7.94. The molecule has 210 valence electrons. The maximum Gasteiger partial charge on any atom is 0.264 e. The number of fused-ring (bicyclic) bond motifs is 1. The maximum absolute atomic E-state index is 13.3. The van der Waals surface area contributed by atoms with Gasteiger partial charge in [0.15, 0.2) is 0 Å². The van der Waals surface area contributed by atoms with E-state index in [1.54, 1.807) is 18.2 Å². The molecule has 1 unspecified atom stereocenters. The third kappa shape index (κ3) is 5.43. The first-order valence-corrected chi connectivity index (χ1v) is 13.8. The number of piperazine rings is 1. The molecule has 0 saturated carbocycles. The fourth-order valence-corrected chi connectivity index (χ4v) is 5.70. The van der Waals surface area contributed by atoms with Crippen molar-refractivity contribution in [1.29, 1.82) is 0 Å². The highest BCUT2D eigenvalue weighted by atomic mass is 19.1. The number of rotatable bonds is 7. The number of anilines is 2. The summed E-state index contributed by atoms with van der Waals surface area (Å²) in [6.07, 6.45) is 0.201. The second-order valence-electron chi connectivity index (χ2n) is 10.6. The SMILES string of the molecule is O=C1CCC(N2C(=O)c3cccc(NCc4ccc(CN5CCN(c6ccc(F)cc6)CC5)cc4)c3C2=O)C(=O)N1. The number of carbonyl (C=O) groups is 4. The van der Waals surface area contributed by atoms with Gasteiger partial charge in [0.1, 0.15) is 11.9 Å². The zero-order valence-electron chi connectivity index (χ0n) is 22.4. The standard InChI is InChI=1S/C31H30FN5O4/c32-22-8-10-23(11-9-22)36-16-14-35(15-17-36)19-21-6-4-20(5-7-21)18-33-25-3-1-2-24-28(25)31(41)37(30(24)40)26-12-13-27(38)34-29(26)39/h1-11,26,33H,12-19H2,(H,34,38,39). The Hall–Kier alpha value is -4.57. The summed E-state index contributed by atoms with van der Waals surface area (Å²) >= 11 is 0. The van der Waals surface area contributed by atoms with Gasteiger partial charge in [-0.2, -0.15) is 0 Å². The molecule has 2 saturated heterocycles.